The molecule has 1 N–H and O–H groups in total. The van der Waals surface area contributed by atoms with Crippen molar-refractivity contribution in [1.82, 2.24) is 9.78 Å². The number of nitrogens with zero attached hydrogens (tertiary/aromatic N) is 2. The number of anilines is 1. The fraction of sp³-hybridized carbons (Fsp3) is 0.357. The zero-order chi connectivity index (χ0) is 13.7. The zero-order valence-electron chi connectivity index (χ0n) is 11.2. The highest BCUT2D eigenvalue weighted by atomic mass is 19.1. The molecule has 0 fully saturated rings. The summed E-state index contributed by atoms with van der Waals surface area (Å²) in [5, 5.41) is 7.46. The van der Waals surface area contributed by atoms with Crippen LogP contribution in [-0.2, 0) is 13.1 Å². The molecule has 0 bridgehead atoms. The molecule has 1 heterocycles. The van der Waals surface area contributed by atoms with Gasteiger partial charge in [-0.25, -0.2) is 4.39 Å². The third-order valence-electron chi connectivity index (χ3n) is 2.81. The second-order valence-corrected chi connectivity index (χ2v) is 4.07. The molecule has 0 atom stereocenters. The lowest BCUT2D eigenvalue weighted by Gasteiger charge is -2.13. The van der Waals surface area contributed by atoms with Gasteiger partial charge < -0.3 is 10.1 Å². The summed E-state index contributed by atoms with van der Waals surface area (Å²) >= 11 is 0. The molecule has 4 nitrogen and oxygen atoms in total. The van der Waals surface area contributed by atoms with E-state index in [0.717, 1.165) is 17.9 Å². The van der Waals surface area contributed by atoms with Crippen molar-refractivity contribution in [3.05, 3.63) is 42.0 Å². The van der Waals surface area contributed by atoms with Crippen molar-refractivity contribution < 1.29 is 9.13 Å². The van der Waals surface area contributed by atoms with E-state index in [9.17, 15) is 4.39 Å². The van der Waals surface area contributed by atoms with E-state index in [4.69, 9.17) is 4.74 Å². The van der Waals surface area contributed by atoms with Crippen LogP contribution in [0.4, 0.5) is 10.1 Å². The summed E-state index contributed by atoms with van der Waals surface area (Å²) < 4.78 is 20.5. The minimum atomic E-state index is -0.299. The van der Waals surface area contributed by atoms with Gasteiger partial charge >= 0.3 is 0 Å². The number of aromatic nitrogens is 2. The molecule has 0 spiro atoms. The molecule has 0 aliphatic carbocycles. The van der Waals surface area contributed by atoms with E-state index >= 15 is 0 Å². The molecule has 1 aromatic heterocycles. The van der Waals surface area contributed by atoms with Crippen LogP contribution in [0, 0.1) is 5.82 Å². The summed E-state index contributed by atoms with van der Waals surface area (Å²) in [4.78, 5) is 0. The zero-order valence-corrected chi connectivity index (χ0v) is 11.2. The molecule has 0 aliphatic heterocycles. The lowest BCUT2D eigenvalue weighted by molar-refractivity contribution is 0.339. The molecular formula is C14H18FN3O. The lowest BCUT2D eigenvalue weighted by Crippen LogP contribution is -2.08. The Kier molecular flexibility index (Phi) is 4.39. The molecule has 0 unspecified atom stereocenters. The molecule has 0 saturated heterocycles. The number of nitrogens with one attached hydrogen (secondary N) is 1. The van der Waals surface area contributed by atoms with E-state index in [1.54, 1.807) is 12.3 Å². The number of rotatable bonds is 6. The number of benzene rings is 1. The van der Waals surface area contributed by atoms with Crippen molar-refractivity contribution in [3.63, 3.8) is 0 Å². The van der Waals surface area contributed by atoms with Crippen LogP contribution in [0.3, 0.4) is 0 Å². The molecule has 0 amide bonds. The van der Waals surface area contributed by atoms with Crippen molar-refractivity contribution in [2.75, 3.05) is 11.9 Å². The fourth-order valence-corrected chi connectivity index (χ4v) is 1.90. The monoisotopic (exact) mass is 263 g/mol. The summed E-state index contributed by atoms with van der Waals surface area (Å²) in [6, 6.07) is 6.46. The highest BCUT2D eigenvalue weighted by Crippen LogP contribution is 2.25. The first-order chi connectivity index (χ1) is 9.24. The van der Waals surface area contributed by atoms with Crippen molar-refractivity contribution in [2.24, 2.45) is 0 Å². The number of aryl methyl sites for hydroxylation is 1. The van der Waals surface area contributed by atoms with Gasteiger partial charge in [0.15, 0.2) is 0 Å². The Bertz CT molecular complexity index is 539. The van der Waals surface area contributed by atoms with Gasteiger partial charge in [0.2, 0.25) is 0 Å². The molecule has 19 heavy (non-hydrogen) atoms. The quantitative estimate of drug-likeness (QED) is 0.870. The maximum atomic E-state index is 13.2. The topological polar surface area (TPSA) is 39.1 Å². The molecular weight excluding hydrogens is 245 g/mol. The van der Waals surface area contributed by atoms with Crippen LogP contribution in [0.15, 0.2) is 30.5 Å². The Morgan fingerprint density at radius 3 is 2.89 bits per heavy atom. The van der Waals surface area contributed by atoms with Gasteiger partial charge in [0.1, 0.15) is 11.6 Å². The molecule has 1 aromatic carbocycles. The number of halogens is 1. The maximum absolute atomic E-state index is 13.2. The Labute approximate surface area is 112 Å². The van der Waals surface area contributed by atoms with Crippen molar-refractivity contribution in [3.8, 4) is 5.75 Å². The van der Waals surface area contributed by atoms with Crippen LogP contribution >= 0.6 is 0 Å². The van der Waals surface area contributed by atoms with Crippen LogP contribution in [0.25, 0.3) is 0 Å². The van der Waals surface area contributed by atoms with Crippen LogP contribution in [0.1, 0.15) is 19.5 Å². The van der Waals surface area contributed by atoms with Gasteiger partial charge in [-0.2, -0.15) is 5.10 Å². The van der Waals surface area contributed by atoms with Crippen molar-refractivity contribution in [2.45, 2.75) is 26.9 Å². The highest BCUT2D eigenvalue weighted by molar-refractivity contribution is 5.56. The van der Waals surface area contributed by atoms with Crippen LogP contribution in [0.2, 0.25) is 0 Å². The first-order valence-corrected chi connectivity index (χ1v) is 6.41. The first kappa shape index (κ1) is 13.4. The molecule has 0 aliphatic rings. The van der Waals surface area contributed by atoms with Gasteiger partial charge in [0.05, 0.1) is 24.5 Å². The lowest BCUT2D eigenvalue weighted by atomic mass is 10.2. The Morgan fingerprint density at radius 1 is 1.32 bits per heavy atom. The Hall–Kier alpha value is -2.04. The molecule has 2 rings (SSSR count). The minimum Gasteiger partial charge on any atom is -0.492 e. The number of hydrogen-bond acceptors (Lipinski definition) is 3. The predicted octanol–water partition coefficient (Wildman–Crippen LogP) is 3.05. The van der Waals surface area contributed by atoms with E-state index in [-0.39, 0.29) is 5.82 Å². The summed E-state index contributed by atoms with van der Waals surface area (Å²) in [6.45, 7) is 5.87. The van der Waals surface area contributed by atoms with Gasteiger partial charge in [-0.15, -0.1) is 0 Å². The molecule has 0 radical (unpaired) electrons. The van der Waals surface area contributed by atoms with Gasteiger partial charge in [-0.1, -0.05) is 0 Å². The van der Waals surface area contributed by atoms with Crippen LogP contribution in [-0.4, -0.2) is 16.4 Å². The number of ether oxygens (including phenoxy) is 1. The smallest absolute Gasteiger partial charge is 0.145 e. The third-order valence-corrected chi connectivity index (χ3v) is 2.81. The second-order valence-electron chi connectivity index (χ2n) is 4.07. The average molecular weight is 263 g/mol. The molecule has 102 valence electrons. The summed E-state index contributed by atoms with van der Waals surface area (Å²) in [7, 11) is 0. The SMILES string of the molecule is CCOc1cc(F)ccc1NCc1ccnn1CC. The summed E-state index contributed by atoms with van der Waals surface area (Å²) in [6.07, 6.45) is 1.77. The largest absolute Gasteiger partial charge is 0.492 e. The van der Waals surface area contributed by atoms with E-state index < -0.39 is 0 Å². The summed E-state index contributed by atoms with van der Waals surface area (Å²) in [5.74, 6) is 0.234. The minimum absolute atomic E-state index is 0.299. The van der Waals surface area contributed by atoms with Crippen LogP contribution in [0.5, 0.6) is 5.75 Å². The van der Waals surface area contributed by atoms with Gasteiger partial charge in [0, 0.05) is 18.8 Å². The van der Waals surface area contributed by atoms with Gasteiger partial charge in [-0.05, 0) is 32.0 Å². The maximum Gasteiger partial charge on any atom is 0.145 e. The first-order valence-electron chi connectivity index (χ1n) is 6.41. The van der Waals surface area contributed by atoms with E-state index in [0.29, 0.717) is 18.9 Å². The van der Waals surface area contributed by atoms with E-state index in [2.05, 4.69) is 10.4 Å². The Morgan fingerprint density at radius 2 is 2.16 bits per heavy atom. The molecule has 0 saturated carbocycles. The van der Waals surface area contributed by atoms with Crippen LogP contribution < -0.4 is 10.1 Å². The third kappa shape index (κ3) is 3.24. The molecule has 2 aromatic rings. The van der Waals surface area contributed by atoms with E-state index in [1.165, 1.54) is 12.1 Å². The van der Waals surface area contributed by atoms with Gasteiger partial charge in [-0.3, -0.25) is 4.68 Å². The molecule has 5 heteroatoms. The van der Waals surface area contributed by atoms with Crippen molar-refractivity contribution in [1.29, 1.82) is 0 Å². The van der Waals surface area contributed by atoms with Gasteiger partial charge in [0.25, 0.3) is 0 Å². The summed E-state index contributed by atoms with van der Waals surface area (Å²) in [5.41, 5.74) is 1.86. The fourth-order valence-electron chi connectivity index (χ4n) is 1.90. The van der Waals surface area contributed by atoms with Crippen molar-refractivity contribution >= 4 is 5.69 Å². The standard InChI is InChI=1S/C14H18FN3O/c1-3-18-12(7-8-17-18)10-16-13-6-5-11(15)9-14(13)19-4-2/h5-9,16H,3-4,10H2,1-2H3. The van der Waals surface area contributed by atoms with E-state index in [1.807, 2.05) is 24.6 Å². The second kappa shape index (κ2) is 6.22. The highest BCUT2D eigenvalue weighted by Gasteiger charge is 2.06. The normalized spacial score (nSPS) is 10.5. The average Bonchev–Trinajstić information content (AvgIpc) is 2.85. The predicted molar refractivity (Wildman–Crippen MR) is 72.8 cm³/mol. The number of hydrogen-bond donors (Lipinski definition) is 1. The Balaban J connectivity index is 2.10.